The quantitative estimate of drug-likeness (QED) is 0.920. The summed E-state index contributed by atoms with van der Waals surface area (Å²) in [5.74, 6) is 1.12. The Balaban J connectivity index is 1.71. The Hall–Kier alpha value is -0.580. The summed E-state index contributed by atoms with van der Waals surface area (Å²) in [5, 5.41) is 0. The van der Waals surface area contributed by atoms with Gasteiger partial charge in [0.15, 0.2) is 0 Å². The van der Waals surface area contributed by atoms with E-state index in [2.05, 4.69) is 40.0 Å². The highest BCUT2D eigenvalue weighted by Gasteiger charge is 2.24. The zero-order valence-corrected chi connectivity index (χ0v) is 13.7. The minimum atomic E-state index is 0.415. The Morgan fingerprint density at radius 2 is 2.05 bits per heavy atom. The Labute approximate surface area is 129 Å². The second-order valence-corrected chi connectivity index (χ2v) is 7.05. The van der Waals surface area contributed by atoms with Gasteiger partial charge in [0.1, 0.15) is 5.75 Å². The van der Waals surface area contributed by atoms with Gasteiger partial charge in [0.2, 0.25) is 0 Å². The van der Waals surface area contributed by atoms with Crippen LogP contribution in [0.3, 0.4) is 0 Å². The molecule has 0 bridgehead atoms. The van der Waals surface area contributed by atoms with Gasteiger partial charge < -0.3 is 10.5 Å². The summed E-state index contributed by atoms with van der Waals surface area (Å²) in [6, 6.07) is 5.46. The zero-order valence-electron chi connectivity index (χ0n) is 12.1. The van der Waals surface area contributed by atoms with Crippen molar-refractivity contribution < 1.29 is 4.74 Å². The van der Waals surface area contributed by atoms with Crippen molar-refractivity contribution in [1.29, 1.82) is 0 Å². The third kappa shape index (κ3) is 3.02. The molecule has 0 saturated heterocycles. The smallest absolute Gasteiger partial charge is 0.127 e. The summed E-state index contributed by atoms with van der Waals surface area (Å²) in [7, 11) is 2.23. The van der Waals surface area contributed by atoms with Gasteiger partial charge in [-0.3, -0.25) is 4.90 Å². The van der Waals surface area contributed by atoms with E-state index in [0.717, 1.165) is 42.6 Å². The average Bonchev–Trinajstić information content (AvgIpc) is 2.87. The van der Waals surface area contributed by atoms with Gasteiger partial charge in [-0.05, 0) is 50.4 Å². The third-order valence-corrected chi connectivity index (χ3v) is 5.07. The number of rotatable bonds is 3. The first-order chi connectivity index (χ1) is 9.63. The largest absolute Gasteiger partial charge is 0.493 e. The zero-order chi connectivity index (χ0) is 14.1. The molecule has 20 heavy (non-hydrogen) atoms. The molecule has 1 aliphatic carbocycles. The maximum Gasteiger partial charge on any atom is 0.127 e. The van der Waals surface area contributed by atoms with E-state index in [1.54, 1.807) is 0 Å². The van der Waals surface area contributed by atoms with Crippen molar-refractivity contribution >= 4 is 15.9 Å². The lowest BCUT2D eigenvalue weighted by molar-refractivity contribution is 0.174. The van der Waals surface area contributed by atoms with E-state index in [0.29, 0.717) is 12.1 Å². The van der Waals surface area contributed by atoms with Gasteiger partial charge in [0.25, 0.3) is 0 Å². The van der Waals surface area contributed by atoms with Crippen LogP contribution >= 0.6 is 15.9 Å². The van der Waals surface area contributed by atoms with Crippen molar-refractivity contribution in [2.75, 3.05) is 13.7 Å². The van der Waals surface area contributed by atoms with Crippen LogP contribution in [0.4, 0.5) is 0 Å². The molecule has 3 nitrogen and oxygen atoms in total. The molecule has 1 heterocycles. The fourth-order valence-corrected chi connectivity index (χ4v) is 3.96. The molecule has 1 aromatic carbocycles. The number of nitrogens with zero attached hydrogens (tertiary/aromatic N) is 1. The summed E-state index contributed by atoms with van der Waals surface area (Å²) in [6.07, 6.45) is 5.78. The molecule has 2 N–H and O–H groups in total. The molecule has 1 aliphatic heterocycles. The minimum absolute atomic E-state index is 0.415. The highest BCUT2D eigenvalue weighted by atomic mass is 79.9. The predicted molar refractivity (Wildman–Crippen MR) is 85.0 cm³/mol. The van der Waals surface area contributed by atoms with E-state index < -0.39 is 0 Å². The number of hydrogen-bond acceptors (Lipinski definition) is 3. The van der Waals surface area contributed by atoms with E-state index in [9.17, 15) is 0 Å². The van der Waals surface area contributed by atoms with E-state index in [-0.39, 0.29) is 0 Å². The molecule has 1 saturated carbocycles. The molecule has 0 spiro atoms. The molecular weight excluding hydrogens is 316 g/mol. The minimum Gasteiger partial charge on any atom is -0.493 e. The van der Waals surface area contributed by atoms with E-state index in [4.69, 9.17) is 10.5 Å². The summed E-state index contributed by atoms with van der Waals surface area (Å²) in [4.78, 5) is 2.47. The molecule has 0 amide bonds. The fourth-order valence-electron chi connectivity index (χ4n) is 3.40. The normalized spacial score (nSPS) is 25.6. The highest BCUT2D eigenvalue weighted by molar-refractivity contribution is 9.10. The van der Waals surface area contributed by atoms with Gasteiger partial charge in [0, 0.05) is 35.1 Å². The molecule has 110 valence electrons. The molecule has 1 fully saturated rings. The number of nitrogens with two attached hydrogens (primary N) is 1. The van der Waals surface area contributed by atoms with Crippen molar-refractivity contribution in [1.82, 2.24) is 4.90 Å². The number of fused-ring (bicyclic) bond motifs is 1. The molecule has 3 rings (SSSR count). The molecule has 2 aliphatic rings. The lowest BCUT2D eigenvalue weighted by atomic mass is 9.91. The van der Waals surface area contributed by atoms with Crippen LogP contribution in [-0.2, 0) is 13.0 Å². The van der Waals surface area contributed by atoms with Crippen LogP contribution in [0.15, 0.2) is 16.6 Å². The van der Waals surface area contributed by atoms with Crippen LogP contribution in [-0.4, -0.2) is 30.6 Å². The van der Waals surface area contributed by atoms with Crippen LogP contribution in [0.2, 0.25) is 0 Å². The Morgan fingerprint density at radius 3 is 2.80 bits per heavy atom. The predicted octanol–water partition coefficient (Wildman–Crippen LogP) is 3.09. The Morgan fingerprint density at radius 1 is 1.30 bits per heavy atom. The van der Waals surface area contributed by atoms with E-state index >= 15 is 0 Å². The summed E-state index contributed by atoms with van der Waals surface area (Å²) in [6.45, 7) is 1.78. The molecule has 0 aromatic heterocycles. The van der Waals surface area contributed by atoms with E-state index in [1.807, 2.05) is 0 Å². The van der Waals surface area contributed by atoms with Gasteiger partial charge in [-0.15, -0.1) is 0 Å². The Kier molecular flexibility index (Phi) is 4.34. The Bertz CT molecular complexity index is 484. The first-order valence-corrected chi connectivity index (χ1v) is 8.32. The van der Waals surface area contributed by atoms with Gasteiger partial charge in [-0.2, -0.15) is 0 Å². The van der Waals surface area contributed by atoms with Gasteiger partial charge in [-0.25, -0.2) is 0 Å². The lowest BCUT2D eigenvalue weighted by Crippen LogP contribution is -2.38. The second-order valence-electron chi connectivity index (χ2n) is 6.14. The fraction of sp³-hybridized carbons (Fsp3) is 0.625. The standard InChI is InChI=1S/C16H23BrN2O/c1-19(15-4-2-14(18)3-5-15)10-12-9-13(17)8-11-6-7-20-16(11)12/h8-9,14-15H,2-7,10,18H2,1H3. The maximum atomic E-state index is 6.00. The van der Waals surface area contributed by atoms with Crippen LogP contribution in [0, 0.1) is 0 Å². The number of benzene rings is 1. The molecule has 0 unspecified atom stereocenters. The first-order valence-electron chi connectivity index (χ1n) is 7.53. The third-order valence-electron chi connectivity index (χ3n) is 4.61. The number of halogens is 1. The molecule has 4 heteroatoms. The van der Waals surface area contributed by atoms with Gasteiger partial charge in [0.05, 0.1) is 6.61 Å². The van der Waals surface area contributed by atoms with Crippen molar-refractivity contribution in [2.45, 2.75) is 50.7 Å². The van der Waals surface area contributed by atoms with Crippen molar-refractivity contribution in [3.8, 4) is 5.75 Å². The highest BCUT2D eigenvalue weighted by Crippen LogP contribution is 2.34. The van der Waals surface area contributed by atoms with Crippen LogP contribution < -0.4 is 10.5 Å². The first kappa shape index (κ1) is 14.4. The van der Waals surface area contributed by atoms with Gasteiger partial charge >= 0.3 is 0 Å². The maximum absolute atomic E-state index is 6.00. The number of hydrogen-bond donors (Lipinski definition) is 1. The molecule has 0 radical (unpaired) electrons. The van der Waals surface area contributed by atoms with Gasteiger partial charge in [-0.1, -0.05) is 15.9 Å². The van der Waals surface area contributed by atoms with E-state index in [1.165, 1.54) is 24.0 Å². The topological polar surface area (TPSA) is 38.5 Å². The van der Waals surface area contributed by atoms with Crippen LogP contribution in [0.1, 0.15) is 36.8 Å². The molecule has 0 atom stereocenters. The summed E-state index contributed by atoms with van der Waals surface area (Å²) >= 11 is 3.62. The lowest BCUT2D eigenvalue weighted by Gasteiger charge is -2.33. The summed E-state index contributed by atoms with van der Waals surface area (Å²) < 4.78 is 6.99. The monoisotopic (exact) mass is 338 g/mol. The average molecular weight is 339 g/mol. The second kappa shape index (κ2) is 6.04. The van der Waals surface area contributed by atoms with Crippen molar-refractivity contribution in [2.24, 2.45) is 5.73 Å². The van der Waals surface area contributed by atoms with Crippen LogP contribution in [0.25, 0.3) is 0 Å². The van der Waals surface area contributed by atoms with Crippen molar-refractivity contribution in [3.05, 3.63) is 27.7 Å². The summed E-state index contributed by atoms with van der Waals surface area (Å²) in [5.41, 5.74) is 8.65. The van der Waals surface area contributed by atoms with Crippen molar-refractivity contribution in [3.63, 3.8) is 0 Å². The molecular formula is C16H23BrN2O. The number of ether oxygens (including phenoxy) is 1. The van der Waals surface area contributed by atoms with Crippen LogP contribution in [0.5, 0.6) is 5.75 Å². The SMILES string of the molecule is CN(Cc1cc(Br)cc2c1OCC2)C1CCC(N)CC1. The molecule has 1 aromatic rings.